The molecule has 144 valence electrons. The number of anilines is 2. The Balaban J connectivity index is 1.95. The van der Waals surface area contributed by atoms with E-state index in [0.29, 0.717) is 5.69 Å². The number of nitrogens with one attached hydrogen (secondary N) is 1. The number of carbonyl (C=O) groups excluding carboxylic acids is 3. The lowest BCUT2D eigenvalue weighted by Crippen LogP contribution is -2.33. The van der Waals surface area contributed by atoms with Crippen molar-refractivity contribution in [3.05, 3.63) is 69.9 Å². The van der Waals surface area contributed by atoms with Gasteiger partial charge in [0.15, 0.2) is 0 Å². The number of para-hydroxylation sites is 1. The number of carbonyl (C=O) groups is 3. The molecule has 1 heterocycles. The summed E-state index contributed by atoms with van der Waals surface area (Å²) in [6, 6.07) is 11.8. The summed E-state index contributed by atoms with van der Waals surface area (Å²) in [5.41, 5.74) is 2.98. The average Bonchev–Trinajstić information content (AvgIpc) is 2.88. The van der Waals surface area contributed by atoms with E-state index in [0.717, 1.165) is 16.0 Å². The van der Waals surface area contributed by atoms with E-state index in [1.54, 1.807) is 25.1 Å². The van der Waals surface area contributed by atoms with Gasteiger partial charge < -0.3 is 10.1 Å². The molecular formula is C21H19ClN2O4. The summed E-state index contributed by atoms with van der Waals surface area (Å²) < 4.78 is 5.02. The first-order chi connectivity index (χ1) is 13.3. The standard InChI is InChI=1S/C21H19ClN2O4/c1-4-28-21(27)15-7-5-6-8-16(15)24-19(25)17(22)18(20(24)26)23-14-10-9-12(2)13(3)11-14/h5-11,23H,4H2,1-3H3. The van der Waals surface area contributed by atoms with Crippen LogP contribution in [0.5, 0.6) is 0 Å². The second kappa shape index (κ2) is 7.86. The molecule has 1 aliphatic rings. The Morgan fingerprint density at radius 3 is 2.46 bits per heavy atom. The van der Waals surface area contributed by atoms with Crippen molar-refractivity contribution in [2.24, 2.45) is 0 Å². The third kappa shape index (κ3) is 3.51. The number of amides is 2. The second-order valence-corrected chi connectivity index (χ2v) is 6.67. The summed E-state index contributed by atoms with van der Waals surface area (Å²) in [6.07, 6.45) is 0. The Kier molecular flexibility index (Phi) is 5.51. The maximum absolute atomic E-state index is 13.0. The molecule has 3 rings (SSSR count). The van der Waals surface area contributed by atoms with Gasteiger partial charge in [-0.25, -0.2) is 9.69 Å². The van der Waals surface area contributed by atoms with E-state index in [2.05, 4.69) is 5.32 Å². The minimum absolute atomic E-state index is 0.0337. The van der Waals surface area contributed by atoms with E-state index in [-0.39, 0.29) is 28.6 Å². The van der Waals surface area contributed by atoms with Gasteiger partial charge in [0, 0.05) is 5.69 Å². The zero-order valence-corrected chi connectivity index (χ0v) is 16.5. The van der Waals surface area contributed by atoms with Crippen LogP contribution in [0, 0.1) is 13.8 Å². The Labute approximate surface area is 167 Å². The summed E-state index contributed by atoms with van der Waals surface area (Å²) in [5, 5.41) is 2.70. The van der Waals surface area contributed by atoms with Gasteiger partial charge in [-0.15, -0.1) is 0 Å². The highest BCUT2D eigenvalue weighted by molar-refractivity contribution is 6.53. The van der Waals surface area contributed by atoms with Crippen molar-refractivity contribution < 1.29 is 19.1 Å². The van der Waals surface area contributed by atoms with Crippen molar-refractivity contribution in [2.75, 3.05) is 16.8 Å². The van der Waals surface area contributed by atoms with Crippen LogP contribution in [0.15, 0.2) is 53.2 Å². The maximum atomic E-state index is 13.0. The molecule has 0 saturated heterocycles. The summed E-state index contributed by atoms with van der Waals surface area (Å²) in [4.78, 5) is 38.8. The van der Waals surface area contributed by atoms with Gasteiger partial charge in [-0.2, -0.15) is 0 Å². The summed E-state index contributed by atoms with van der Waals surface area (Å²) in [7, 11) is 0. The van der Waals surface area contributed by atoms with E-state index in [1.807, 2.05) is 26.0 Å². The molecule has 0 fully saturated rings. The molecular weight excluding hydrogens is 380 g/mol. The monoisotopic (exact) mass is 398 g/mol. The highest BCUT2D eigenvalue weighted by Crippen LogP contribution is 2.32. The van der Waals surface area contributed by atoms with Crippen LogP contribution in [-0.4, -0.2) is 24.4 Å². The molecule has 2 aromatic carbocycles. The first kappa shape index (κ1) is 19.6. The normalized spacial score (nSPS) is 13.9. The van der Waals surface area contributed by atoms with Crippen LogP contribution in [0.1, 0.15) is 28.4 Å². The number of esters is 1. The fourth-order valence-corrected chi connectivity index (χ4v) is 3.06. The number of aryl methyl sites for hydroxylation is 2. The highest BCUT2D eigenvalue weighted by Gasteiger charge is 2.40. The molecule has 2 aromatic rings. The number of rotatable bonds is 5. The van der Waals surface area contributed by atoms with Crippen LogP contribution in [-0.2, 0) is 14.3 Å². The predicted molar refractivity (Wildman–Crippen MR) is 107 cm³/mol. The second-order valence-electron chi connectivity index (χ2n) is 6.30. The summed E-state index contributed by atoms with van der Waals surface area (Å²) >= 11 is 6.17. The van der Waals surface area contributed by atoms with E-state index in [4.69, 9.17) is 16.3 Å². The lowest BCUT2D eigenvalue weighted by Gasteiger charge is -2.18. The van der Waals surface area contributed by atoms with Crippen LogP contribution in [0.4, 0.5) is 11.4 Å². The van der Waals surface area contributed by atoms with Crippen molar-refractivity contribution in [1.29, 1.82) is 0 Å². The number of nitrogens with zero attached hydrogens (tertiary/aromatic N) is 1. The molecule has 2 amide bonds. The number of benzene rings is 2. The van der Waals surface area contributed by atoms with E-state index >= 15 is 0 Å². The van der Waals surface area contributed by atoms with Gasteiger partial charge in [-0.05, 0) is 56.2 Å². The van der Waals surface area contributed by atoms with E-state index < -0.39 is 17.8 Å². The van der Waals surface area contributed by atoms with Crippen LogP contribution in [0.2, 0.25) is 0 Å². The van der Waals surface area contributed by atoms with Gasteiger partial charge in [-0.1, -0.05) is 29.8 Å². The van der Waals surface area contributed by atoms with Crippen LogP contribution >= 0.6 is 11.6 Å². The zero-order valence-electron chi connectivity index (χ0n) is 15.7. The molecule has 7 heteroatoms. The first-order valence-corrected chi connectivity index (χ1v) is 9.12. The highest BCUT2D eigenvalue weighted by atomic mass is 35.5. The number of hydrogen-bond acceptors (Lipinski definition) is 5. The Bertz CT molecular complexity index is 1010. The summed E-state index contributed by atoms with van der Waals surface area (Å²) in [5.74, 6) is -1.95. The van der Waals surface area contributed by atoms with Crippen molar-refractivity contribution in [1.82, 2.24) is 0 Å². The first-order valence-electron chi connectivity index (χ1n) is 8.74. The van der Waals surface area contributed by atoms with Crippen LogP contribution < -0.4 is 10.2 Å². The quantitative estimate of drug-likeness (QED) is 0.610. The minimum atomic E-state index is -0.699. The topological polar surface area (TPSA) is 75.7 Å². The molecule has 0 unspecified atom stereocenters. The number of hydrogen-bond donors (Lipinski definition) is 1. The molecule has 0 aliphatic carbocycles. The molecule has 1 aliphatic heterocycles. The molecule has 6 nitrogen and oxygen atoms in total. The van der Waals surface area contributed by atoms with Crippen molar-refractivity contribution in [2.45, 2.75) is 20.8 Å². The third-order valence-corrected chi connectivity index (χ3v) is 4.79. The molecule has 0 spiro atoms. The molecule has 0 saturated carbocycles. The lowest BCUT2D eigenvalue weighted by atomic mass is 10.1. The molecule has 1 N–H and O–H groups in total. The van der Waals surface area contributed by atoms with Crippen LogP contribution in [0.25, 0.3) is 0 Å². The van der Waals surface area contributed by atoms with E-state index in [9.17, 15) is 14.4 Å². The van der Waals surface area contributed by atoms with Crippen molar-refractivity contribution in [3.8, 4) is 0 Å². The van der Waals surface area contributed by atoms with Gasteiger partial charge in [0.25, 0.3) is 11.8 Å². The van der Waals surface area contributed by atoms with Crippen molar-refractivity contribution >= 4 is 40.8 Å². The lowest BCUT2D eigenvalue weighted by molar-refractivity contribution is -0.120. The maximum Gasteiger partial charge on any atom is 0.340 e. The zero-order chi connectivity index (χ0) is 20.4. The number of halogens is 1. The fourth-order valence-electron chi connectivity index (χ4n) is 2.84. The average molecular weight is 399 g/mol. The molecule has 0 atom stereocenters. The van der Waals surface area contributed by atoms with Gasteiger partial charge >= 0.3 is 5.97 Å². The van der Waals surface area contributed by atoms with Crippen molar-refractivity contribution in [3.63, 3.8) is 0 Å². The molecule has 0 aromatic heterocycles. The smallest absolute Gasteiger partial charge is 0.340 e. The summed E-state index contributed by atoms with van der Waals surface area (Å²) in [6.45, 7) is 5.77. The number of ether oxygens (including phenoxy) is 1. The van der Waals surface area contributed by atoms with E-state index in [1.165, 1.54) is 12.1 Å². The number of imide groups is 1. The molecule has 28 heavy (non-hydrogen) atoms. The predicted octanol–water partition coefficient (Wildman–Crippen LogP) is 3.92. The molecule has 0 radical (unpaired) electrons. The SMILES string of the molecule is CCOC(=O)c1ccccc1N1C(=O)C(Cl)=C(Nc2ccc(C)c(C)c2)C1=O. The fraction of sp³-hybridized carbons (Fsp3) is 0.190. The third-order valence-electron chi connectivity index (χ3n) is 4.44. The van der Waals surface area contributed by atoms with Gasteiger partial charge in [-0.3, -0.25) is 9.59 Å². The minimum Gasteiger partial charge on any atom is -0.462 e. The Morgan fingerprint density at radius 2 is 1.79 bits per heavy atom. The Morgan fingerprint density at radius 1 is 1.07 bits per heavy atom. The Hall–Kier alpha value is -3.12. The largest absolute Gasteiger partial charge is 0.462 e. The van der Waals surface area contributed by atoms with Gasteiger partial charge in [0.2, 0.25) is 0 Å². The molecule has 0 bridgehead atoms. The van der Waals surface area contributed by atoms with Gasteiger partial charge in [0.1, 0.15) is 10.7 Å². The van der Waals surface area contributed by atoms with Crippen LogP contribution in [0.3, 0.4) is 0 Å². The van der Waals surface area contributed by atoms with Gasteiger partial charge in [0.05, 0.1) is 17.9 Å².